The number of hydrogen-bond donors (Lipinski definition) is 0. The van der Waals surface area contributed by atoms with E-state index >= 15 is 0 Å². The molecule has 4 aromatic rings. The lowest BCUT2D eigenvalue weighted by Crippen LogP contribution is -2.22. The minimum Gasteiger partial charge on any atom is -0.457 e. The second kappa shape index (κ2) is 8.42. The molecule has 0 aliphatic carbocycles. The minimum absolute atomic E-state index is 0.710. The Balaban J connectivity index is 1.84. The van der Waals surface area contributed by atoms with Crippen LogP contribution in [-0.2, 0) is 0 Å². The summed E-state index contributed by atoms with van der Waals surface area (Å²) in [5.74, 6) is 1.79. The third-order valence-electron chi connectivity index (χ3n) is 4.63. The minimum atomic E-state index is -0.710. The van der Waals surface area contributed by atoms with Crippen molar-refractivity contribution in [2.45, 2.75) is 13.8 Å². The zero-order valence-corrected chi connectivity index (χ0v) is 17.1. The quantitative estimate of drug-likeness (QED) is 0.393. The van der Waals surface area contributed by atoms with E-state index in [0.29, 0.717) is 0 Å². The molecule has 0 atom stereocenters. The monoisotopic (exact) mass is 382 g/mol. The van der Waals surface area contributed by atoms with Crippen LogP contribution in [-0.4, -0.2) is 0 Å². The summed E-state index contributed by atoms with van der Waals surface area (Å²) in [6, 6.07) is 36.2. The summed E-state index contributed by atoms with van der Waals surface area (Å²) >= 11 is 0. The maximum Gasteiger partial charge on any atom is 0.135 e. The number of benzene rings is 4. The van der Waals surface area contributed by atoms with E-state index in [-0.39, 0.29) is 0 Å². The average Bonchev–Trinajstić information content (AvgIpc) is 2.73. The molecule has 28 heavy (non-hydrogen) atoms. The predicted molar refractivity (Wildman–Crippen MR) is 121 cm³/mol. The Morgan fingerprint density at radius 1 is 0.571 bits per heavy atom. The van der Waals surface area contributed by atoms with Crippen molar-refractivity contribution < 1.29 is 4.74 Å². The van der Waals surface area contributed by atoms with Gasteiger partial charge in [0.1, 0.15) is 11.5 Å². The fraction of sp³-hybridized carbons (Fsp3) is 0.0769. The summed E-state index contributed by atoms with van der Waals surface area (Å²) in [5.41, 5.74) is 2.47. The summed E-state index contributed by atoms with van der Waals surface area (Å²) in [7, 11) is -0.710. The zero-order chi connectivity index (χ0) is 19.3. The molecule has 4 rings (SSSR count). The molecule has 0 aromatic heterocycles. The van der Waals surface area contributed by atoms with Gasteiger partial charge in [-0.2, -0.15) is 0 Å². The van der Waals surface area contributed by atoms with Crippen molar-refractivity contribution >= 4 is 23.8 Å². The number of ether oxygens (including phenoxy) is 1. The molecule has 0 aliphatic rings. The van der Waals surface area contributed by atoms with Crippen LogP contribution in [0.4, 0.5) is 0 Å². The van der Waals surface area contributed by atoms with Gasteiger partial charge in [0.2, 0.25) is 0 Å². The fourth-order valence-corrected chi connectivity index (χ4v) is 5.67. The Labute approximate surface area is 168 Å². The summed E-state index contributed by atoms with van der Waals surface area (Å²) in [4.78, 5) is 0. The van der Waals surface area contributed by atoms with Crippen LogP contribution in [0, 0.1) is 13.8 Å². The van der Waals surface area contributed by atoms with Crippen molar-refractivity contribution in [2.24, 2.45) is 0 Å². The van der Waals surface area contributed by atoms with Crippen LogP contribution in [0.3, 0.4) is 0 Å². The average molecular weight is 382 g/mol. The van der Waals surface area contributed by atoms with Gasteiger partial charge < -0.3 is 4.74 Å². The van der Waals surface area contributed by atoms with E-state index in [1.54, 1.807) is 0 Å². The van der Waals surface area contributed by atoms with Crippen LogP contribution in [0.15, 0.2) is 103 Å². The van der Waals surface area contributed by atoms with Gasteiger partial charge in [0.25, 0.3) is 0 Å². The standard InChI is InChI=1S/C26H23OP/c1-20-13-16-22(17-14-20)27-25-18-15-21(2)19-26(25)28(23-9-5-3-6-10-23)24-11-7-4-8-12-24/h3-19H,1-2H3. The largest absolute Gasteiger partial charge is 0.457 e. The van der Waals surface area contributed by atoms with Crippen molar-refractivity contribution in [2.75, 3.05) is 0 Å². The summed E-state index contributed by atoms with van der Waals surface area (Å²) < 4.78 is 6.36. The van der Waals surface area contributed by atoms with E-state index in [0.717, 1.165) is 11.5 Å². The summed E-state index contributed by atoms with van der Waals surface area (Å²) in [6.45, 7) is 4.23. The van der Waals surface area contributed by atoms with Crippen molar-refractivity contribution in [3.63, 3.8) is 0 Å². The molecule has 0 saturated carbocycles. The van der Waals surface area contributed by atoms with Gasteiger partial charge in [0.15, 0.2) is 0 Å². The Morgan fingerprint density at radius 2 is 1.11 bits per heavy atom. The Morgan fingerprint density at radius 3 is 1.68 bits per heavy atom. The Hall–Kier alpha value is -2.89. The van der Waals surface area contributed by atoms with E-state index in [2.05, 4.69) is 105 Å². The topological polar surface area (TPSA) is 9.23 Å². The van der Waals surface area contributed by atoms with Crippen molar-refractivity contribution in [1.29, 1.82) is 0 Å². The van der Waals surface area contributed by atoms with Gasteiger partial charge in [0, 0.05) is 5.30 Å². The highest BCUT2D eigenvalue weighted by molar-refractivity contribution is 7.80. The van der Waals surface area contributed by atoms with Crippen LogP contribution in [0.5, 0.6) is 11.5 Å². The maximum absolute atomic E-state index is 6.36. The SMILES string of the molecule is Cc1ccc(Oc2ccc(C)cc2P(c2ccccc2)c2ccccc2)cc1. The van der Waals surface area contributed by atoms with Gasteiger partial charge in [-0.05, 0) is 56.6 Å². The molecule has 0 unspecified atom stereocenters. The van der Waals surface area contributed by atoms with Gasteiger partial charge in [0.05, 0.1) is 0 Å². The van der Waals surface area contributed by atoms with Gasteiger partial charge >= 0.3 is 0 Å². The predicted octanol–water partition coefficient (Wildman–Crippen LogP) is 5.85. The Kier molecular flexibility index (Phi) is 5.55. The molecule has 0 fully saturated rings. The van der Waals surface area contributed by atoms with E-state index in [9.17, 15) is 0 Å². The second-order valence-corrected chi connectivity index (χ2v) is 9.08. The van der Waals surface area contributed by atoms with Crippen LogP contribution < -0.4 is 20.7 Å². The van der Waals surface area contributed by atoms with Gasteiger partial charge in [-0.15, -0.1) is 0 Å². The molecule has 0 aliphatic heterocycles. The van der Waals surface area contributed by atoms with Crippen LogP contribution >= 0.6 is 7.92 Å². The molecule has 1 nitrogen and oxygen atoms in total. The zero-order valence-electron chi connectivity index (χ0n) is 16.2. The van der Waals surface area contributed by atoms with Crippen molar-refractivity contribution in [3.05, 3.63) is 114 Å². The third kappa shape index (κ3) is 4.16. The first-order valence-electron chi connectivity index (χ1n) is 9.46. The lowest BCUT2D eigenvalue weighted by atomic mass is 10.2. The van der Waals surface area contributed by atoms with Gasteiger partial charge in [-0.1, -0.05) is 90.0 Å². The highest BCUT2D eigenvalue weighted by Crippen LogP contribution is 2.38. The molecule has 0 bridgehead atoms. The fourth-order valence-electron chi connectivity index (χ4n) is 3.20. The van der Waals surface area contributed by atoms with Crippen LogP contribution in [0.25, 0.3) is 0 Å². The highest BCUT2D eigenvalue weighted by Gasteiger charge is 2.21. The molecule has 0 saturated heterocycles. The van der Waals surface area contributed by atoms with E-state index in [1.807, 2.05) is 12.1 Å². The highest BCUT2D eigenvalue weighted by atomic mass is 31.1. The van der Waals surface area contributed by atoms with Crippen LogP contribution in [0.2, 0.25) is 0 Å². The first-order chi connectivity index (χ1) is 13.7. The molecule has 0 radical (unpaired) electrons. The molecule has 0 spiro atoms. The Bertz CT molecular complexity index is 1000. The van der Waals surface area contributed by atoms with Gasteiger partial charge in [-0.3, -0.25) is 0 Å². The van der Waals surface area contributed by atoms with E-state index < -0.39 is 7.92 Å². The smallest absolute Gasteiger partial charge is 0.135 e. The second-order valence-electron chi connectivity index (χ2n) is 6.89. The molecule has 2 heteroatoms. The lowest BCUT2D eigenvalue weighted by molar-refractivity contribution is 0.486. The van der Waals surface area contributed by atoms with E-state index in [4.69, 9.17) is 4.74 Å². The normalized spacial score (nSPS) is 10.8. The number of rotatable bonds is 5. The van der Waals surface area contributed by atoms with Gasteiger partial charge in [-0.25, -0.2) is 0 Å². The van der Waals surface area contributed by atoms with Crippen molar-refractivity contribution in [3.8, 4) is 11.5 Å². The van der Waals surface area contributed by atoms with E-state index in [1.165, 1.54) is 27.0 Å². The molecule has 4 aromatic carbocycles. The first kappa shape index (κ1) is 18.5. The molecule has 138 valence electrons. The molecule has 0 N–H and O–H groups in total. The summed E-state index contributed by atoms with van der Waals surface area (Å²) in [6.07, 6.45) is 0. The number of hydrogen-bond acceptors (Lipinski definition) is 1. The summed E-state index contributed by atoms with van der Waals surface area (Å²) in [5, 5.41) is 3.89. The molecular formula is C26H23OP. The molecular weight excluding hydrogens is 359 g/mol. The maximum atomic E-state index is 6.36. The number of aryl methyl sites for hydroxylation is 2. The third-order valence-corrected chi connectivity index (χ3v) is 7.09. The first-order valence-corrected chi connectivity index (χ1v) is 10.8. The lowest BCUT2D eigenvalue weighted by Gasteiger charge is -2.22. The van der Waals surface area contributed by atoms with Crippen LogP contribution in [0.1, 0.15) is 11.1 Å². The molecule has 0 heterocycles. The van der Waals surface area contributed by atoms with Crippen molar-refractivity contribution in [1.82, 2.24) is 0 Å². The molecule has 0 amide bonds.